The van der Waals surface area contributed by atoms with E-state index in [0.717, 1.165) is 0 Å². The molecule has 7 heteroatoms. The van der Waals surface area contributed by atoms with E-state index in [1.54, 1.807) is 24.3 Å². The Balaban J connectivity index is 2.24. The number of aliphatic hydroxyl groups is 1. The van der Waals surface area contributed by atoms with Crippen molar-refractivity contribution < 1.29 is 28.5 Å². The van der Waals surface area contributed by atoms with Gasteiger partial charge in [0.2, 0.25) is 0 Å². The number of carbonyl (C=O) groups is 1. The molecule has 1 heterocycles. The van der Waals surface area contributed by atoms with Gasteiger partial charge in [-0.15, -0.1) is 0 Å². The molecule has 0 radical (unpaired) electrons. The maximum atomic E-state index is 12.9. The fourth-order valence-electron chi connectivity index (χ4n) is 3.66. The first-order valence-corrected chi connectivity index (χ1v) is 15.2. The molecule has 34 heavy (non-hydrogen) atoms. The van der Waals surface area contributed by atoms with Gasteiger partial charge in [-0.1, -0.05) is 52.0 Å². The smallest absolute Gasteiger partial charge is 0.338 e. The third-order valence-electron chi connectivity index (χ3n) is 6.84. The number of carbonyl (C=O) groups excluding carboxylic acids is 1. The van der Waals surface area contributed by atoms with E-state index in [1.165, 1.54) is 0 Å². The Kier molecular flexibility index (Phi) is 9.70. The van der Waals surface area contributed by atoms with Crippen molar-refractivity contribution >= 4 is 14.3 Å². The summed E-state index contributed by atoms with van der Waals surface area (Å²) in [5.74, 6) is -1.16. The first-order chi connectivity index (χ1) is 15.7. The first-order valence-electron chi connectivity index (χ1n) is 12.3. The molecule has 192 valence electrons. The molecule has 1 aliphatic heterocycles. The van der Waals surface area contributed by atoms with Gasteiger partial charge in [-0.3, -0.25) is 0 Å². The van der Waals surface area contributed by atoms with Crippen molar-refractivity contribution in [2.45, 2.75) is 103 Å². The van der Waals surface area contributed by atoms with Gasteiger partial charge < -0.3 is 23.7 Å². The van der Waals surface area contributed by atoms with Crippen LogP contribution in [0, 0.1) is 5.92 Å². The van der Waals surface area contributed by atoms with Crippen molar-refractivity contribution in [2.24, 2.45) is 5.92 Å². The Morgan fingerprint density at radius 1 is 1.15 bits per heavy atom. The molecule has 1 saturated heterocycles. The second-order valence-corrected chi connectivity index (χ2v) is 16.0. The molecule has 6 nitrogen and oxygen atoms in total. The largest absolute Gasteiger partial charge is 0.452 e. The van der Waals surface area contributed by atoms with Crippen LogP contribution in [-0.2, 0) is 18.6 Å². The van der Waals surface area contributed by atoms with Crippen molar-refractivity contribution in [3.63, 3.8) is 0 Å². The average Bonchev–Trinajstić information content (AvgIpc) is 3.04. The van der Waals surface area contributed by atoms with Crippen LogP contribution in [0.5, 0.6) is 0 Å². The summed E-state index contributed by atoms with van der Waals surface area (Å²) >= 11 is 0. The van der Waals surface area contributed by atoms with E-state index in [2.05, 4.69) is 47.7 Å². The Hall–Kier alpha value is -1.51. The van der Waals surface area contributed by atoms with E-state index >= 15 is 0 Å². The quantitative estimate of drug-likeness (QED) is 0.256. The maximum Gasteiger partial charge on any atom is 0.338 e. The third kappa shape index (κ3) is 7.75. The minimum Gasteiger partial charge on any atom is -0.452 e. The molecule has 2 rings (SSSR count). The van der Waals surface area contributed by atoms with Gasteiger partial charge in [0.1, 0.15) is 12.2 Å². The fourth-order valence-corrected chi connectivity index (χ4v) is 5.16. The number of benzene rings is 1. The summed E-state index contributed by atoms with van der Waals surface area (Å²) in [5, 5.41) is 9.67. The summed E-state index contributed by atoms with van der Waals surface area (Å²) in [6.45, 7) is 19.0. The number of rotatable bonds is 10. The second kappa shape index (κ2) is 11.5. The summed E-state index contributed by atoms with van der Waals surface area (Å²) in [6, 6.07) is 8.91. The number of ether oxygens (including phenoxy) is 3. The van der Waals surface area contributed by atoms with Crippen LogP contribution in [0.25, 0.3) is 0 Å². The molecule has 1 aliphatic rings. The molecular weight excluding hydrogens is 448 g/mol. The SMILES string of the molecule is C[C@H](/C=C\C(OC(=O)c1ccccc1)[C@H]1OC(C)(C)O[C@H]1CCO)[C@H](C)O[Si](C)(C)C(C)(C)C. The zero-order valence-electron chi connectivity index (χ0n) is 22.3. The topological polar surface area (TPSA) is 74.2 Å². The molecule has 5 atom stereocenters. The summed E-state index contributed by atoms with van der Waals surface area (Å²) in [4.78, 5) is 12.9. The highest BCUT2D eigenvalue weighted by molar-refractivity contribution is 6.74. The zero-order valence-corrected chi connectivity index (χ0v) is 23.3. The lowest BCUT2D eigenvalue weighted by Gasteiger charge is -2.39. The molecule has 0 saturated carbocycles. The molecule has 1 aromatic carbocycles. The molecule has 0 amide bonds. The highest BCUT2D eigenvalue weighted by Gasteiger charge is 2.46. The molecule has 1 aromatic rings. The van der Waals surface area contributed by atoms with E-state index in [4.69, 9.17) is 18.6 Å². The monoisotopic (exact) mass is 492 g/mol. The van der Waals surface area contributed by atoms with Crippen molar-refractivity contribution in [3.8, 4) is 0 Å². The maximum absolute atomic E-state index is 12.9. The predicted octanol–water partition coefficient (Wildman–Crippen LogP) is 5.72. The van der Waals surface area contributed by atoms with Crippen LogP contribution >= 0.6 is 0 Å². The summed E-state index contributed by atoms with van der Waals surface area (Å²) in [5.41, 5.74) is 0.473. The van der Waals surface area contributed by atoms with E-state index < -0.39 is 38.4 Å². The molecule has 0 aromatic heterocycles. The number of esters is 1. The molecule has 1 N–H and O–H groups in total. The van der Waals surface area contributed by atoms with Gasteiger partial charge in [0.05, 0.1) is 11.7 Å². The zero-order chi connectivity index (χ0) is 25.7. The van der Waals surface area contributed by atoms with Crippen LogP contribution in [0.1, 0.15) is 65.2 Å². The molecule has 1 unspecified atom stereocenters. The van der Waals surface area contributed by atoms with Gasteiger partial charge in [-0.2, -0.15) is 0 Å². The molecule has 1 fully saturated rings. The lowest BCUT2D eigenvalue weighted by molar-refractivity contribution is -0.153. The van der Waals surface area contributed by atoms with Gasteiger partial charge in [0.25, 0.3) is 0 Å². The molecule has 0 bridgehead atoms. The van der Waals surface area contributed by atoms with Crippen molar-refractivity contribution in [1.82, 2.24) is 0 Å². The minimum atomic E-state index is -1.92. The predicted molar refractivity (Wildman–Crippen MR) is 137 cm³/mol. The van der Waals surface area contributed by atoms with Crippen molar-refractivity contribution in [3.05, 3.63) is 48.0 Å². The van der Waals surface area contributed by atoms with Crippen LogP contribution in [0.15, 0.2) is 42.5 Å². The van der Waals surface area contributed by atoms with Gasteiger partial charge in [0, 0.05) is 12.7 Å². The van der Waals surface area contributed by atoms with E-state index in [0.29, 0.717) is 12.0 Å². The van der Waals surface area contributed by atoms with E-state index in [1.807, 2.05) is 32.1 Å². The Morgan fingerprint density at radius 3 is 2.32 bits per heavy atom. The second-order valence-electron chi connectivity index (χ2n) is 11.2. The van der Waals surface area contributed by atoms with Crippen molar-refractivity contribution in [2.75, 3.05) is 6.61 Å². The van der Waals surface area contributed by atoms with Crippen LogP contribution in [0.4, 0.5) is 0 Å². The lowest BCUT2D eigenvalue weighted by atomic mass is 10.0. The number of hydrogen-bond donors (Lipinski definition) is 1. The molecular formula is C27H44O6Si. The average molecular weight is 493 g/mol. The highest BCUT2D eigenvalue weighted by Crippen LogP contribution is 2.38. The lowest BCUT2D eigenvalue weighted by Crippen LogP contribution is -2.44. The number of hydrogen-bond acceptors (Lipinski definition) is 6. The summed E-state index contributed by atoms with van der Waals surface area (Å²) < 4.78 is 24.6. The standard InChI is InChI=1S/C27H44O6Si/c1-19(20(2)33-34(8,9)26(3,4)5)15-16-22(30-25(29)21-13-11-10-12-14-21)24-23(17-18-28)31-27(6,7)32-24/h10-16,19-20,22-24,28H,17-18H2,1-9H3/b16-15-/t19-,20+,22?,23+,24-/m1/s1. The van der Waals surface area contributed by atoms with Crippen LogP contribution in [0.2, 0.25) is 18.1 Å². The highest BCUT2D eigenvalue weighted by atomic mass is 28.4. The molecule has 0 aliphatic carbocycles. The van der Waals surface area contributed by atoms with E-state index in [9.17, 15) is 9.90 Å². The Bertz CT molecular complexity index is 814. The summed E-state index contributed by atoms with van der Waals surface area (Å²) in [7, 11) is -1.92. The summed E-state index contributed by atoms with van der Waals surface area (Å²) in [6.07, 6.45) is 2.72. The third-order valence-corrected chi connectivity index (χ3v) is 11.4. The minimum absolute atomic E-state index is 0.00745. The van der Waals surface area contributed by atoms with Crippen molar-refractivity contribution in [1.29, 1.82) is 0 Å². The van der Waals surface area contributed by atoms with E-state index in [-0.39, 0.29) is 23.7 Å². The van der Waals surface area contributed by atoms with Gasteiger partial charge >= 0.3 is 5.97 Å². The molecule has 0 spiro atoms. The van der Waals surface area contributed by atoms with Gasteiger partial charge in [-0.05, 0) is 69.5 Å². The van der Waals surface area contributed by atoms with Crippen LogP contribution in [-0.4, -0.2) is 56.2 Å². The number of aliphatic hydroxyl groups excluding tert-OH is 1. The van der Waals surface area contributed by atoms with Crippen LogP contribution < -0.4 is 0 Å². The normalized spacial score (nSPS) is 23.6. The van der Waals surface area contributed by atoms with Crippen LogP contribution in [0.3, 0.4) is 0 Å². The fraction of sp³-hybridized carbons (Fsp3) is 0.667. The van der Waals surface area contributed by atoms with Gasteiger partial charge in [0.15, 0.2) is 14.1 Å². The Labute approximate surface area is 206 Å². The van der Waals surface area contributed by atoms with Gasteiger partial charge in [-0.25, -0.2) is 4.79 Å². The first kappa shape index (κ1) is 28.7. The Morgan fingerprint density at radius 2 is 1.76 bits per heavy atom.